The Morgan fingerprint density at radius 2 is 1.82 bits per heavy atom. The molecular formula is C15H10ClF3O3. The molecule has 0 amide bonds. The van der Waals surface area contributed by atoms with Crippen LogP contribution in [0, 0.1) is 0 Å². The molecule has 0 radical (unpaired) electrons. The average Bonchev–Trinajstić information content (AvgIpc) is 2.44. The molecule has 0 aliphatic carbocycles. The first-order valence-corrected chi connectivity index (χ1v) is 6.47. The third-order valence-corrected chi connectivity index (χ3v) is 3.15. The zero-order valence-electron chi connectivity index (χ0n) is 11.0. The summed E-state index contributed by atoms with van der Waals surface area (Å²) in [5.41, 5.74) is -0.456. The number of carboxylic acid groups (broad SMARTS) is 1. The highest BCUT2D eigenvalue weighted by molar-refractivity contribution is 6.33. The molecule has 0 fully saturated rings. The number of carboxylic acids is 1. The van der Waals surface area contributed by atoms with Gasteiger partial charge in [0.25, 0.3) is 0 Å². The van der Waals surface area contributed by atoms with E-state index in [1.165, 1.54) is 12.1 Å². The number of ether oxygens (including phenoxy) is 1. The molecule has 7 heteroatoms. The van der Waals surface area contributed by atoms with Gasteiger partial charge in [-0.25, -0.2) is 4.79 Å². The van der Waals surface area contributed by atoms with Crippen LogP contribution in [0.4, 0.5) is 13.2 Å². The zero-order valence-corrected chi connectivity index (χ0v) is 11.8. The van der Waals surface area contributed by atoms with Crippen molar-refractivity contribution in [3.8, 4) is 16.9 Å². The second kappa shape index (κ2) is 6.27. The molecule has 0 heterocycles. The number of halogens is 4. The SMILES string of the molecule is O=C(O)COc1ccc(C(F)(F)F)cc1-c1ccccc1Cl. The van der Waals surface area contributed by atoms with Gasteiger partial charge in [-0.1, -0.05) is 29.8 Å². The van der Waals surface area contributed by atoms with Crippen LogP contribution in [0.1, 0.15) is 5.56 Å². The normalized spacial score (nSPS) is 11.3. The Labute approximate surface area is 128 Å². The van der Waals surface area contributed by atoms with Crippen molar-refractivity contribution in [1.29, 1.82) is 0 Å². The lowest BCUT2D eigenvalue weighted by Crippen LogP contribution is -2.11. The Balaban J connectivity index is 2.55. The molecule has 0 unspecified atom stereocenters. The van der Waals surface area contributed by atoms with Crippen LogP contribution in [0.2, 0.25) is 5.02 Å². The van der Waals surface area contributed by atoms with Gasteiger partial charge in [-0.2, -0.15) is 13.2 Å². The maximum Gasteiger partial charge on any atom is 0.416 e. The maximum atomic E-state index is 12.9. The first kappa shape index (κ1) is 16.2. The highest BCUT2D eigenvalue weighted by Gasteiger charge is 2.31. The molecule has 0 aromatic heterocycles. The van der Waals surface area contributed by atoms with Gasteiger partial charge in [0.05, 0.1) is 5.56 Å². The van der Waals surface area contributed by atoms with Crippen molar-refractivity contribution in [2.45, 2.75) is 6.18 Å². The molecule has 22 heavy (non-hydrogen) atoms. The van der Waals surface area contributed by atoms with E-state index in [9.17, 15) is 18.0 Å². The minimum Gasteiger partial charge on any atom is -0.481 e. The second-order valence-electron chi connectivity index (χ2n) is 4.37. The van der Waals surface area contributed by atoms with Crippen molar-refractivity contribution in [3.63, 3.8) is 0 Å². The fourth-order valence-corrected chi connectivity index (χ4v) is 2.10. The van der Waals surface area contributed by atoms with Crippen LogP contribution in [0.3, 0.4) is 0 Å². The first-order chi connectivity index (χ1) is 10.3. The average molecular weight is 331 g/mol. The molecule has 0 aliphatic rings. The number of hydrogen-bond donors (Lipinski definition) is 1. The van der Waals surface area contributed by atoms with Crippen LogP contribution in [-0.4, -0.2) is 17.7 Å². The maximum absolute atomic E-state index is 12.9. The van der Waals surface area contributed by atoms with Gasteiger partial charge in [-0.05, 0) is 24.3 Å². The van der Waals surface area contributed by atoms with Crippen molar-refractivity contribution >= 4 is 17.6 Å². The zero-order chi connectivity index (χ0) is 16.3. The number of hydrogen-bond acceptors (Lipinski definition) is 2. The standard InChI is InChI=1S/C15H10ClF3O3/c16-12-4-2-1-3-10(12)11-7-9(15(17,18)19)5-6-13(11)22-8-14(20)21/h1-7H,8H2,(H,20,21). The summed E-state index contributed by atoms with van der Waals surface area (Å²) in [7, 11) is 0. The Morgan fingerprint density at radius 1 is 1.14 bits per heavy atom. The van der Waals surface area contributed by atoms with Gasteiger partial charge in [0.1, 0.15) is 5.75 Å². The predicted octanol–water partition coefficient (Wildman–Crippen LogP) is 4.49. The fraction of sp³-hybridized carbons (Fsp3) is 0.133. The lowest BCUT2D eigenvalue weighted by atomic mass is 10.0. The van der Waals surface area contributed by atoms with E-state index in [1.807, 2.05) is 0 Å². The number of benzene rings is 2. The molecule has 0 saturated carbocycles. The van der Waals surface area contributed by atoms with E-state index >= 15 is 0 Å². The Kier molecular flexibility index (Phi) is 4.61. The minimum atomic E-state index is -4.53. The highest BCUT2D eigenvalue weighted by Crippen LogP contribution is 2.39. The first-order valence-electron chi connectivity index (χ1n) is 6.10. The van der Waals surface area contributed by atoms with Crippen LogP contribution >= 0.6 is 11.6 Å². The summed E-state index contributed by atoms with van der Waals surface area (Å²) < 4.78 is 43.6. The molecule has 0 bridgehead atoms. The molecule has 2 rings (SSSR count). The predicted molar refractivity (Wildman–Crippen MR) is 75.0 cm³/mol. The van der Waals surface area contributed by atoms with Crippen molar-refractivity contribution < 1.29 is 27.8 Å². The molecule has 0 aliphatic heterocycles. The largest absolute Gasteiger partial charge is 0.481 e. The van der Waals surface area contributed by atoms with Gasteiger partial charge >= 0.3 is 12.1 Å². The van der Waals surface area contributed by atoms with E-state index in [2.05, 4.69) is 0 Å². The quantitative estimate of drug-likeness (QED) is 0.898. The Bertz CT molecular complexity index is 699. The summed E-state index contributed by atoms with van der Waals surface area (Å²) in [5, 5.41) is 8.88. The molecular weight excluding hydrogens is 321 g/mol. The Hall–Kier alpha value is -2.21. The molecule has 116 valence electrons. The third kappa shape index (κ3) is 3.71. The molecule has 0 spiro atoms. The Morgan fingerprint density at radius 3 is 2.41 bits per heavy atom. The van der Waals surface area contributed by atoms with Crippen molar-refractivity contribution in [1.82, 2.24) is 0 Å². The van der Waals surface area contributed by atoms with Crippen molar-refractivity contribution in [2.24, 2.45) is 0 Å². The smallest absolute Gasteiger partial charge is 0.416 e. The van der Waals surface area contributed by atoms with Gasteiger partial charge in [-0.15, -0.1) is 0 Å². The van der Waals surface area contributed by atoms with E-state index < -0.39 is 24.3 Å². The van der Waals surface area contributed by atoms with E-state index in [-0.39, 0.29) is 16.3 Å². The number of alkyl halides is 3. The number of carbonyl (C=O) groups is 1. The van der Waals surface area contributed by atoms with Gasteiger partial charge in [0, 0.05) is 16.1 Å². The van der Waals surface area contributed by atoms with E-state index in [0.29, 0.717) is 5.56 Å². The van der Waals surface area contributed by atoms with Crippen LogP contribution in [-0.2, 0) is 11.0 Å². The van der Waals surface area contributed by atoms with E-state index in [1.54, 1.807) is 12.1 Å². The lowest BCUT2D eigenvalue weighted by Gasteiger charge is -2.15. The van der Waals surface area contributed by atoms with Crippen LogP contribution in [0.5, 0.6) is 5.75 Å². The van der Waals surface area contributed by atoms with Crippen LogP contribution < -0.4 is 4.74 Å². The third-order valence-electron chi connectivity index (χ3n) is 2.82. The molecule has 3 nitrogen and oxygen atoms in total. The summed E-state index contributed by atoms with van der Waals surface area (Å²) >= 11 is 6.01. The van der Waals surface area contributed by atoms with Gasteiger partial charge in [0.15, 0.2) is 6.61 Å². The van der Waals surface area contributed by atoms with Crippen molar-refractivity contribution in [2.75, 3.05) is 6.61 Å². The molecule has 0 atom stereocenters. The molecule has 2 aromatic rings. The monoisotopic (exact) mass is 330 g/mol. The summed E-state index contributed by atoms with van der Waals surface area (Å²) in [6.07, 6.45) is -4.53. The van der Waals surface area contributed by atoms with Gasteiger partial charge < -0.3 is 9.84 Å². The van der Waals surface area contributed by atoms with Crippen molar-refractivity contribution in [3.05, 3.63) is 53.1 Å². The van der Waals surface area contributed by atoms with Gasteiger partial charge in [-0.3, -0.25) is 0 Å². The summed E-state index contributed by atoms with van der Waals surface area (Å²) in [4.78, 5) is 10.6. The summed E-state index contributed by atoms with van der Waals surface area (Å²) in [6, 6.07) is 9.11. The minimum absolute atomic E-state index is 0.0171. The second-order valence-corrected chi connectivity index (χ2v) is 4.78. The fourth-order valence-electron chi connectivity index (χ4n) is 1.86. The molecule has 1 N–H and O–H groups in total. The van der Waals surface area contributed by atoms with Crippen LogP contribution in [0.15, 0.2) is 42.5 Å². The van der Waals surface area contributed by atoms with Crippen LogP contribution in [0.25, 0.3) is 11.1 Å². The highest BCUT2D eigenvalue weighted by atomic mass is 35.5. The number of rotatable bonds is 4. The summed E-state index contributed by atoms with van der Waals surface area (Å²) in [5.74, 6) is -1.21. The molecule has 0 saturated heterocycles. The molecule has 2 aromatic carbocycles. The number of aliphatic carboxylic acids is 1. The van der Waals surface area contributed by atoms with E-state index in [4.69, 9.17) is 21.4 Å². The van der Waals surface area contributed by atoms with E-state index in [0.717, 1.165) is 18.2 Å². The lowest BCUT2D eigenvalue weighted by molar-refractivity contribution is -0.140. The topological polar surface area (TPSA) is 46.5 Å². The summed E-state index contributed by atoms with van der Waals surface area (Å²) in [6.45, 7) is -0.664. The van der Waals surface area contributed by atoms with Gasteiger partial charge in [0.2, 0.25) is 0 Å².